The maximum atomic E-state index is 13.5. The number of hydrogen-bond donors (Lipinski definition) is 2. The van der Waals surface area contributed by atoms with Crippen molar-refractivity contribution in [2.75, 3.05) is 0 Å². The van der Waals surface area contributed by atoms with Crippen LogP contribution in [0.1, 0.15) is 45.8 Å². The minimum Gasteiger partial charge on any atom is -0.508 e. The van der Waals surface area contributed by atoms with E-state index in [4.69, 9.17) is 4.42 Å². The maximum absolute atomic E-state index is 13.5. The summed E-state index contributed by atoms with van der Waals surface area (Å²) < 4.78 is 5.49. The molecule has 1 aliphatic rings. The van der Waals surface area contributed by atoms with Gasteiger partial charge in [0.1, 0.15) is 11.5 Å². The van der Waals surface area contributed by atoms with Crippen molar-refractivity contribution in [3.8, 4) is 5.75 Å². The Balaban J connectivity index is 1.50. The predicted octanol–water partition coefficient (Wildman–Crippen LogP) is 5.19. The number of carbonyl (C=O) groups is 1. The first-order valence-electron chi connectivity index (χ1n) is 10.4. The molecule has 152 valence electrons. The van der Waals surface area contributed by atoms with E-state index in [-0.39, 0.29) is 11.7 Å². The van der Waals surface area contributed by atoms with Crippen LogP contribution in [-0.4, -0.2) is 20.9 Å². The number of amides is 1. The summed E-state index contributed by atoms with van der Waals surface area (Å²) in [5.74, 6) is 0.811. The van der Waals surface area contributed by atoms with Crippen molar-refractivity contribution in [3.63, 3.8) is 0 Å². The molecule has 2 aromatic heterocycles. The number of nitrogens with zero attached hydrogens (tertiary/aromatic N) is 1. The van der Waals surface area contributed by atoms with E-state index < -0.39 is 0 Å². The van der Waals surface area contributed by atoms with Crippen LogP contribution in [0.4, 0.5) is 0 Å². The highest BCUT2D eigenvalue weighted by atomic mass is 16.3. The Labute approximate surface area is 174 Å². The number of para-hydroxylation sites is 1. The van der Waals surface area contributed by atoms with Gasteiger partial charge in [0.15, 0.2) is 0 Å². The molecule has 0 unspecified atom stereocenters. The van der Waals surface area contributed by atoms with Crippen LogP contribution in [-0.2, 0) is 25.9 Å². The minimum atomic E-state index is -0.0812. The Morgan fingerprint density at radius 2 is 1.90 bits per heavy atom. The molecule has 5 rings (SSSR count). The largest absolute Gasteiger partial charge is 0.508 e. The van der Waals surface area contributed by atoms with Crippen molar-refractivity contribution in [1.29, 1.82) is 0 Å². The SMILES string of the molecule is O=C(c1ccc2[nH]c3c(c2c1)CCCC3)N(Cc1ccco1)Cc1ccccc1O. The summed E-state index contributed by atoms with van der Waals surface area (Å²) in [5.41, 5.74) is 5.11. The standard InChI is InChI=1S/C25H24N2O3/c28-24-10-4-1-6-18(24)15-27(16-19-7-5-13-30-19)25(29)17-11-12-23-21(14-17)20-8-2-3-9-22(20)26-23/h1,4-7,10-14,26,28H,2-3,8-9,15-16H2. The van der Waals surface area contributed by atoms with Crippen molar-refractivity contribution in [2.24, 2.45) is 0 Å². The van der Waals surface area contributed by atoms with Crippen LogP contribution < -0.4 is 0 Å². The number of nitrogens with one attached hydrogen (secondary N) is 1. The van der Waals surface area contributed by atoms with E-state index in [2.05, 4.69) is 4.98 Å². The van der Waals surface area contributed by atoms with E-state index >= 15 is 0 Å². The third-order valence-electron chi connectivity index (χ3n) is 5.91. The molecule has 1 aliphatic carbocycles. The van der Waals surface area contributed by atoms with Crippen LogP contribution in [0.3, 0.4) is 0 Å². The molecule has 1 amide bonds. The molecular formula is C25H24N2O3. The molecular weight excluding hydrogens is 376 g/mol. The van der Waals surface area contributed by atoms with E-state index in [9.17, 15) is 9.90 Å². The zero-order valence-corrected chi connectivity index (χ0v) is 16.7. The lowest BCUT2D eigenvalue weighted by Crippen LogP contribution is -2.30. The quantitative estimate of drug-likeness (QED) is 0.484. The van der Waals surface area contributed by atoms with Crippen LogP contribution in [0.25, 0.3) is 10.9 Å². The van der Waals surface area contributed by atoms with Crippen LogP contribution in [0.5, 0.6) is 5.75 Å². The Hall–Kier alpha value is -3.47. The van der Waals surface area contributed by atoms with Gasteiger partial charge in [0.05, 0.1) is 19.4 Å². The Bertz CT molecular complexity index is 1190. The molecule has 0 fully saturated rings. The van der Waals surface area contributed by atoms with Gasteiger partial charge in [0.25, 0.3) is 5.91 Å². The Kier molecular flexibility index (Phi) is 4.79. The summed E-state index contributed by atoms with van der Waals surface area (Å²) in [7, 11) is 0. The van der Waals surface area contributed by atoms with Crippen molar-refractivity contribution < 1.29 is 14.3 Å². The first-order valence-corrected chi connectivity index (χ1v) is 10.4. The number of carbonyl (C=O) groups excluding carboxylic acids is 1. The van der Waals surface area contributed by atoms with Gasteiger partial charge >= 0.3 is 0 Å². The molecule has 4 aromatic rings. The number of furan rings is 1. The molecule has 0 atom stereocenters. The van der Waals surface area contributed by atoms with Crippen LogP contribution in [0, 0.1) is 0 Å². The number of phenols is 1. The van der Waals surface area contributed by atoms with Gasteiger partial charge in [0.2, 0.25) is 0 Å². The fraction of sp³-hybridized carbons (Fsp3) is 0.240. The predicted molar refractivity (Wildman–Crippen MR) is 115 cm³/mol. The highest BCUT2D eigenvalue weighted by Crippen LogP contribution is 2.30. The zero-order chi connectivity index (χ0) is 20.5. The number of aromatic amines is 1. The van der Waals surface area contributed by atoms with Gasteiger partial charge in [-0.25, -0.2) is 0 Å². The van der Waals surface area contributed by atoms with Crippen LogP contribution in [0.15, 0.2) is 65.3 Å². The number of aromatic nitrogens is 1. The summed E-state index contributed by atoms with van der Waals surface area (Å²) in [6.07, 6.45) is 6.14. The summed E-state index contributed by atoms with van der Waals surface area (Å²) in [5, 5.41) is 11.4. The van der Waals surface area contributed by atoms with Gasteiger partial charge in [-0.2, -0.15) is 0 Å². The van der Waals surface area contributed by atoms with Crippen molar-refractivity contribution in [2.45, 2.75) is 38.8 Å². The summed E-state index contributed by atoms with van der Waals surface area (Å²) in [6.45, 7) is 0.638. The van der Waals surface area contributed by atoms with Crippen molar-refractivity contribution in [3.05, 3.63) is 89.0 Å². The van der Waals surface area contributed by atoms with Crippen molar-refractivity contribution in [1.82, 2.24) is 9.88 Å². The summed E-state index contributed by atoms with van der Waals surface area (Å²) in [6, 6.07) is 16.7. The Morgan fingerprint density at radius 3 is 2.73 bits per heavy atom. The van der Waals surface area contributed by atoms with Gasteiger partial charge in [-0.1, -0.05) is 18.2 Å². The van der Waals surface area contributed by atoms with Crippen LogP contribution >= 0.6 is 0 Å². The maximum Gasteiger partial charge on any atom is 0.254 e. The van der Waals surface area contributed by atoms with Gasteiger partial charge in [-0.3, -0.25) is 4.79 Å². The molecule has 0 saturated heterocycles. The lowest BCUT2D eigenvalue weighted by atomic mass is 9.95. The van der Waals surface area contributed by atoms with Gasteiger partial charge < -0.3 is 19.4 Å². The van der Waals surface area contributed by atoms with Gasteiger partial charge in [-0.05, 0) is 67.6 Å². The number of aryl methyl sites for hydroxylation is 2. The minimum absolute atomic E-state index is 0.0812. The second kappa shape index (κ2) is 7.75. The third-order valence-corrected chi connectivity index (χ3v) is 5.91. The lowest BCUT2D eigenvalue weighted by Gasteiger charge is -2.22. The molecule has 0 aliphatic heterocycles. The molecule has 0 spiro atoms. The van der Waals surface area contributed by atoms with E-state index in [1.165, 1.54) is 24.1 Å². The first-order chi connectivity index (χ1) is 14.7. The van der Waals surface area contributed by atoms with Crippen molar-refractivity contribution >= 4 is 16.8 Å². The third kappa shape index (κ3) is 3.47. The molecule has 2 N–H and O–H groups in total. The smallest absolute Gasteiger partial charge is 0.254 e. The molecule has 5 nitrogen and oxygen atoms in total. The highest BCUT2D eigenvalue weighted by molar-refractivity contribution is 5.99. The number of aromatic hydroxyl groups is 1. The topological polar surface area (TPSA) is 69.5 Å². The van der Waals surface area contributed by atoms with E-state index in [1.54, 1.807) is 23.3 Å². The number of H-pyrrole nitrogens is 1. The average Bonchev–Trinajstić information content (AvgIpc) is 3.41. The zero-order valence-electron chi connectivity index (χ0n) is 16.7. The van der Waals surface area contributed by atoms with Gasteiger partial charge in [0, 0.05) is 27.7 Å². The van der Waals surface area contributed by atoms with Gasteiger partial charge in [-0.15, -0.1) is 0 Å². The number of rotatable bonds is 5. The lowest BCUT2D eigenvalue weighted by molar-refractivity contribution is 0.0717. The molecule has 0 bridgehead atoms. The van der Waals surface area contributed by atoms with Crippen LogP contribution in [0.2, 0.25) is 0 Å². The highest BCUT2D eigenvalue weighted by Gasteiger charge is 2.21. The molecule has 5 heteroatoms. The Morgan fingerprint density at radius 1 is 1.03 bits per heavy atom. The number of benzene rings is 2. The monoisotopic (exact) mass is 400 g/mol. The average molecular weight is 400 g/mol. The number of hydrogen-bond acceptors (Lipinski definition) is 3. The number of fused-ring (bicyclic) bond motifs is 3. The fourth-order valence-corrected chi connectivity index (χ4v) is 4.36. The molecule has 2 aromatic carbocycles. The first kappa shape index (κ1) is 18.6. The molecule has 0 radical (unpaired) electrons. The molecule has 2 heterocycles. The number of phenolic OH excluding ortho intramolecular Hbond substituents is 1. The normalized spacial score (nSPS) is 13.3. The summed E-state index contributed by atoms with van der Waals surface area (Å²) >= 11 is 0. The second-order valence-electron chi connectivity index (χ2n) is 7.92. The molecule has 30 heavy (non-hydrogen) atoms. The van der Waals surface area contributed by atoms with E-state index in [0.717, 1.165) is 23.7 Å². The molecule has 0 saturated carbocycles. The van der Waals surface area contributed by atoms with E-state index in [1.807, 2.05) is 42.5 Å². The van der Waals surface area contributed by atoms with E-state index in [0.29, 0.717) is 30.0 Å². The fourth-order valence-electron chi connectivity index (χ4n) is 4.36. The summed E-state index contributed by atoms with van der Waals surface area (Å²) in [4.78, 5) is 18.8. The second-order valence-corrected chi connectivity index (χ2v) is 7.92.